The third-order valence-corrected chi connectivity index (χ3v) is 11.6. The summed E-state index contributed by atoms with van der Waals surface area (Å²) in [6.45, 7) is 1.40. The standard InChI is InChI=1S/C48H47N3O9/c1-30-28-51(46(54)50-45(30)53)43-27-41(49-47(55)58-29-40-38-15-9-7-13-36(38)37-14-8-10-16-39(37)40)44(59-43)42(25-26-52)60-48(31-11-5-4-6-12-31,32-17-21-34(56-2)22-18-32)33-19-23-35(57-3)24-20-33/h4-24,28,40-44,52H,25-27,29H2,1-3H3,(H,49,55)(H,50,53,54)/t41?,42-,43-,44+/m1/s1. The van der Waals surface area contributed by atoms with Gasteiger partial charge in [-0.1, -0.05) is 103 Å². The summed E-state index contributed by atoms with van der Waals surface area (Å²) >= 11 is 0. The number of aliphatic hydroxyl groups excluding tert-OH is 1. The van der Waals surface area contributed by atoms with Gasteiger partial charge in [-0.3, -0.25) is 14.3 Å². The molecule has 12 nitrogen and oxygen atoms in total. The van der Waals surface area contributed by atoms with E-state index in [2.05, 4.69) is 34.6 Å². The number of aryl methyl sites for hydroxylation is 1. The molecule has 1 amide bonds. The lowest BCUT2D eigenvalue weighted by atomic mass is 9.79. The molecule has 4 atom stereocenters. The number of benzene rings is 5. The summed E-state index contributed by atoms with van der Waals surface area (Å²) in [5.41, 5.74) is 4.50. The molecule has 1 aliphatic heterocycles. The van der Waals surface area contributed by atoms with Gasteiger partial charge < -0.3 is 34.1 Å². The van der Waals surface area contributed by atoms with E-state index < -0.39 is 47.4 Å². The van der Waals surface area contributed by atoms with E-state index in [-0.39, 0.29) is 32.0 Å². The minimum absolute atomic E-state index is 0.0840. The minimum Gasteiger partial charge on any atom is -0.497 e. The number of nitrogens with zero attached hydrogens (tertiary/aromatic N) is 1. The van der Waals surface area contributed by atoms with Crippen LogP contribution in [0.25, 0.3) is 11.1 Å². The molecular weight excluding hydrogens is 763 g/mol. The molecule has 1 aliphatic carbocycles. The number of amides is 1. The van der Waals surface area contributed by atoms with Crippen molar-refractivity contribution in [3.8, 4) is 22.6 Å². The molecule has 0 bridgehead atoms. The van der Waals surface area contributed by atoms with Gasteiger partial charge in [-0.05, 0) is 76.6 Å². The number of ether oxygens (including phenoxy) is 5. The quantitative estimate of drug-likeness (QED) is 0.101. The zero-order chi connectivity index (χ0) is 41.8. The summed E-state index contributed by atoms with van der Waals surface area (Å²) in [5.74, 6) is 1.14. The highest BCUT2D eigenvalue weighted by molar-refractivity contribution is 5.79. The fourth-order valence-electron chi connectivity index (χ4n) is 8.61. The number of nitrogens with one attached hydrogen (secondary N) is 2. The van der Waals surface area contributed by atoms with Crippen molar-refractivity contribution in [1.82, 2.24) is 14.9 Å². The second-order valence-electron chi connectivity index (χ2n) is 15.0. The third-order valence-electron chi connectivity index (χ3n) is 11.6. The van der Waals surface area contributed by atoms with Crippen molar-refractivity contribution >= 4 is 6.09 Å². The van der Waals surface area contributed by atoms with Crippen LogP contribution in [-0.2, 0) is 19.8 Å². The lowest BCUT2D eigenvalue weighted by Crippen LogP contribution is -2.50. The highest BCUT2D eigenvalue weighted by Crippen LogP contribution is 2.46. The molecule has 2 heterocycles. The smallest absolute Gasteiger partial charge is 0.407 e. The number of rotatable bonds is 14. The molecule has 1 aromatic heterocycles. The van der Waals surface area contributed by atoms with Crippen molar-refractivity contribution < 1.29 is 33.6 Å². The average molecular weight is 810 g/mol. The SMILES string of the molecule is COc1ccc(C(O[C@H](CCO)[C@H]2O[C@@H](n3cc(C)c(=O)[nH]c3=O)CC2NC(=O)OCC2c3ccccc3-c3ccccc32)(c2ccccc2)c2ccc(OC)cc2)cc1. The van der Waals surface area contributed by atoms with Crippen LogP contribution in [0.2, 0.25) is 0 Å². The first kappa shape index (κ1) is 40.3. The summed E-state index contributed by atoms with van der Waals surface area (Å²) in [7, 11) is 3.20. The maximum absolute atomic E-state index is 14.0. The maximum Gasteiger partial charge on any atom is 0.407 e. The normalized spacial score (nSPS) is 17.7. The summed E-state index contributed by atoms with van der Waals surface area (Å²) in [4.78, 5) is 42.0. The van der Waals surface area contributed by atoms with Crippen LogP contribution in [0, 0.1) is 6.92 Å². The zero-order valence-corrected chi connectivity index (χ0v) is 33.6. The second-order valence-corrected chi connectivity index (χ2v) is 15.0. The van der Waals surface area contributed by atoms with Gasteiger partial charge in [0.05, 0.1) is 26.4 Å². The second kappa shape index (κ2) is 17.4. The highest BCUT2D eigenvalue weighted by Gasteiger charge is 2.48. The average Bonchev–Trinajstić information content (AvgIpc) is 3.84. The molecule has 3 N–H and O–H groups in total. The van der Waals surface area contributed by atoms with Gasteiger partial charge in [0.15, 0.2) is 0 Å². The summed E-state index contributed by atoms with van der Waals surface area (Å²) in [6.07, 6.45) is -1.78. The number of aromatic amines is 1. The van der Waals surface area contributed by atoms with Gasteiger partial charge in [0.1, 0.15) is 36.0 Å². The molecule has 1 saturated heterocycles. The Morgan fingerprint density at radius 3 is 1.93 bits per heavy atom. The van der Waals surface area contributed by atoms with Crippen molar-refractivity contribution in [2.45, 2.75) is 55.8 Å². The number of alkyl carbamates (subject to hydrolysis) is 1. The van der Waals surface area contributed by atoms with Gasteiger partial charge in [-0.25, -0.2) is 9.59 Å². The van der Waals surface area contributed by atoms with E-state index in [1.54, 1.807) is 21.1 Å². The molecule has 6 aromatic rings. The molecule has 308 valence electrons. The first-order chi connectivity index (χ1) is 29.2. The van der Waals surface area contributed by atoms with E-state index in [0.717, 1.165) is 38.9 Å². The van der Waals surface area contributed by atoms with Crippen LogP contribution in [-0.4, -0.2) is 66.4 Å². The predicted octanol–water partition coefficient (Wildman–Crippen LogP) is 6.82. The molecular formula is C48H47N3O9. The highest BCUT2D eigenvalue weighted by atomic mass is 16.6. The van der Waals surface area contributed by atoms with Crippen LogP contribution in [0.3, 0.4) is 0 Å². The monoisotopic (exact) mass is 809 g/mol. The van der Waals surface area contributed by atoms with Crippen molar-refractivity contribution in [1.29, 1.82) is 0 Å². The summed E-state index contributed by atoms with van der Waals surface area (Å²) in [5, 5.41) is 13.7. The topological polar surface area (TPSA) is 150 Å². The Morgan fingerprint density at radius 2 is 1.37 bits per heavy atom. The Morgan fingerprint density at radius 1 is 0.817 bits per heavy atom. The van der Waals surface area contributed by atoms with Crippen LogP contribution in [0.15, 0.2) is 143 Å². The van der Waals surface area contributed by atoms with Crippen LogP contribution in [0.1, 0.15) is 58.4 Å². The molecule has 0 radical (unpaired) electrons. The fraction of sp³-hybridized carbons (Fsp3) is 0.271. The van der Waals surface area contributed by atoms with E-state index in [0.29, 0.717) is 17.1 Å². The van der Waals surface area contributed by atoms with Gasteiger partial charge in [-0.2, -0.15) is 0 Å². The van der Waals surface area contributed by atoms with E-state index in [1.807, 2.05) is 103 Å². The van der Waals surface area contributed by atoms with Crippen LogP contribution >= 0.6 is 0 Å². The van der Waals surface area contributed by atoms with Gasteiger partial charge in [0.25, 0.3) is 5.56 Å². The Balaban J connectivity index is 1.17. The molecule has 1 unspecified atom stereocenters. The largest absolute Gasteiger partial charge is 0.497 e. The van der Waals surface area contributed by atoms with E-state index in [1.165, 1.54) is 10.8 Å². The van der Waals surface area contributed by atoms with Gasteiger partial charge in [-0.15, -0.1) is 0 Å². The van der Waals surface area contributed by atoms with Crippen LogP contribution < -0.4 is 26.0 Å². The van der Waals surface area contributed by atoms with Gasteiger partial charge in [0.2, 0.25) is 0 Å². The molecule has 2 aliphatic rings. The van der Waals surface area contributed by atoms with Crippen LogP contribution in [0.5, 0.6) is 11.5 Å². The van der Waals surface area contributed by atoms with Crippen molar-refractivity contribution in [2.75, 3.05) is 27.4 Å². The fourth-order valence-corrected chi connectivity index (χ4v) is 8.61. The Labute approximate surface area is 347 Å². The van der Waals surface area contributed by atoms with Gasteiger partial charge >= 0.3 is 11.8 Å². The molecule has 1 fully saturated rings. The van der Waals surface area contributed by atoms with Crippen molar-refractivity contribution in [3.05, 3.63) is 188 Å². The Kier molecular flexibility index (Phi) is 11.7. The Hall–Kier alpha value is -6.47. The molecule has 5 aromatic carbocycles. The third kappa shape index (κ3) is 7.72. The van der Waals surface area contributed by atoms with E-state index in [9.17, 15) is 19.5 Å². The van der Waals surface area contributed by atoms with Crippen molar-refractivity contribution in [3.63, 3.8) is 0 Å². The number of H-pyrrole nitrogens is 1. The summed E-state index contributed by atoms with van der Waals surface area (Å²) in [6, 6.07) is 40.3. The summed E-state index contributed by atoms with van der Waals surface area (Å²) < 4.78 is 32.6. The lowest BCUT2D eigenvalue weighted by molar-refractivity contribution is -0.138. The first-order valence-electron chi connectivity index (χ1n) is 20.0. The van der Waals surface area contributed by atoms with E-state index >= 15 is 0 Å². The van der Waals surface area contributed by atoms with Gasteiger partial charge in [0, 0.05) is 30.7 Å². The van der Waals surface area contributed by atoms with Crippen molar-refractivity contribution in [2.24, 2.45) is 0 Å². The number of hydrogen-bond donors (Lipinski definition) is 3. The number of aromatic nitrogens is 2. The van der Waals surface area contributed by atoms with Crippen LogP contribution in [0.4, 0.5) is 4.79 Å². The Bertz CT molecular complexity index is 2460. The predicted molar refractivity (Wildman–Crippen MR) is 225 cm³/mol. The zero-order valence-electron chi connectivity index (χ0n) is 33.6. The maximum atomic E-state index is 14.0. The molecule has 60 heavy (non-hydrogen) atoms. The number of methoxy groups -OCH3 is 2. The number of fused-ring (bicyclic) bond motifs is 3. The number of carbonyl (C=O) groups excluding carboxylic acids is 1. The first-order valence-corrected chi connectivity index (χ1v) is 20.0. The number of carbonyl (C=O) groups is 1. The number of hydrogen-bond acceptors (Lipinski definition) is 9. The molecule has 8 rings (SSSR count). The van der Waals surface area contributed by atoms with E-state index in [4.69, 9.17) is 23.7 Å². The molecule has 0 saturated carbocycles. The number of aliphatic hydroxyl groups is 1. The minimum atomic E-state index is -1.30. The lowest BCUT2D eigenvalue weighted by Gasteiger charge is -2.41. The molecule has 12 heteroatoms. The molecule has 0 spiro atoms.